The van der Waals surface area contributed by atoms with E-state index < -0.39 is 5.91 Å². The molecule has 0 saturated heterocycles. The summed E-state index contributed by atoms with van der Waals surface area (Å²) in [7, 11) is 0. The molecule has 5 N–H and O–H groups in total. The Hall–Kier alpha value is -2.53. The van der Waals surface area contributed by atoms with E-state index in [9.17, 15) is 9.90 Å². The maximum Gasteiger partial charge on any atom is 0.248 e. The molecule has 19 heavy (non-hydrogen) atoms. The second kappa shape index (κ2) is 5.41. The number of benzene rings is 2. The molecule has 0 spiro atoms. The van der Waals surface area contributed by atoms with Crippen LogP contribution in [0.3, 0.4) is 0 Å². The summed E-state index contributed by atoms with van der Waals surface area (Å²) < 4.78 is 5.63. The van der Waals surface area contributed by atoms with Crippen LogP contribution in [0, 0.1) is 0 Å². The third kappa shape index (κ3) is 2.83. The zero-order valence-electron chi connectivity index (χ0n) is 10.2. The van der Waals surface area contributed by atoms with E-state index in [0.29, 0.717) is 28.3 Å². The van der Waals surface area contributed by atoms with Crippen molar-refractivity contribution >= 4 is 11.6 Å². The van der Waals surface area contributed by atoms with Crippen LogP contribution in [-0.4, -0.2) is 11.0 Å². The minimum Gasteiger partial charge on any atom is -0.455 e. The van der Waals surface area contributed by atoms with Gasteiger partial charge in [0.25, 0.3) is 0 Å². The molecule has 1 amide bonds. The van der Waals surface area contributed by atoms with Gasteiger partial charge in [-0.05, 0) is 24.3 Å². The van der Waals surface area contributed by atoms with Crippen LogP contribution in [0.25, 0.3) is 0 Å². The van der Waals surface area contributed by atoms with Crippen LogP contribution in [0.4, 0.5) is 5.69 Å². The summed E-state index contributed by atoms with van der Waals surface area (Å²) in [4.78, 5) is 11.0. The van der Waals surface area contributed by atoms with E-state index in [0.717, 1.165) is 0 Å². The summed E-state index contributed by atoms with van der Waals surface area (Å²) in [5, 5.41) is 9.21. The summed E-state index contributed by atoms with van der Waals surface area (Å²) in [6, 6.07) is 11.6. The van der Waals surface area contributed by atoms with Gasteiger partial charge in [0.15, 0.2) is 0 Å². The molecule has 0 unspecified atom stereocenters. The normalized spacial score (nSPS) is 10.2. The molecule has 2 aromatic rings. The van der Waals surface area contributed by atoms with Gasteiger partial charge in [-0.2, -0.15) is 0 Å². The number of aliphatic hydroxyl groups is 1. The Morgan fingerprint density at radius 1 is 1.16 bits per heavy atom. The van der Waals surface area contributed by atoms with E-state index in [1.807, 2.05) is 0 Å². The van der Waals surface area contributed by atoms with Gasteiger partial charge >= 0.3 is 0 Å². The highest BCUT2D eigenvalue weighted by molar-refractivity contribution is 5.94. The number of aliphatic hydroxyl groups excluding tert-OH is 1. The molecule has 0 aliphatic heterocycles. The van der Waals surface area contributed by atoms with Crippen LogP contribution in [0.5, 0.6) is 11.5 Å². The number of ether oxygens (including phenoxy) is 1. The molecule has 0 aromatic heterocycles. The van der Waals surface area contributed by atoms with Gasteiger partial charge in [0.05, 0.1) is 12.3 Å². The fourth-order valence-corrected chi connectivity index (χ4v) is 1.65. The average Bonchev–Trinajstić information content (AvgIpc) is 2.41. The van der Waals surface area contributed by atoms with Crippen LogP contribution < -0.4 is 16.2 Å². The molecule has 0 saturated carbocycles. The Bertz CT molecular complexity index is 611. The number of amides is 1. The lowest BCUT2D eigenvalue weighted by atomic mass is 10.1. The number of hydrogen-bond donors (Lipinski definition) is 3. The van der Waals surface area contributed by atoms with Gasteiger partial charge in [-0.15, -0.1) is 0 Å². The van der Waals surface area contributed by atoms with Crippen molar-refractivity contribution in [1.29, 1.82) is 0 Å². The van der Waals surface area contributed by atoms with Gasteiger partial charge in [-0.3, -0.25) is 4.79 Å². The molecule has 0 atom stereocenters. The van der Waals surface area contributed by atoms with Crippen LogP contribution in [0.1, 0.15) is 15.9 Å². The Balaban J connectivity index is 2.31. The van der Waals surface area contributed by atoms with Crippen LogP contribution >= 0.6 is 0 Å². The topological polar surface area (TPSA) is 98.6 Å². The second-order valence-corrected chi connectivity index (χ2v) is 3.98. The van der Waals surface area contributed by atoms with Crippen molar-refractivity contribution in [2.24, 2.45) is 5.73 Å². The number of primary amides is 1. The molecular weight excluding hydrogens is 244 g/mol. The fourth-order valence-electron chi connectivity index (χ4n) is 1.65. The maximum absolute atomic E-state index is 11.0. The largest absolute Gasteiger partial charge is 0.455 e. The third-order valence-corrected chi connectivity index (χ3v) is 2.66. The van der Waals surface area contributed by atoms with Crippen molar-refractivity contribution in [3.8, 4) is 11.5 Å². The van der Waals surface area contributed by atoms with Gasteiger partial charge in [-0.25, -0.2) is 0 Å². The van der Waals surface area contributed by atoms with Gasteiger partial charge in [0.2, 0.25) is 5.91 Å². The lowest BCUT2D eigenvalue weighted by Gasteiger charge is -2.11. The van der Waals surface area contributed by atoms with Gasteiger partial charge in [0, 0.05) is 11.1 Å². The fraction of sp³-hybridized carbons (Fsp3) is 0.0714. The standard InChI is InChI=1S/C14H14N2O3/c15-11-7-9(14(16)18)5-6-13(11)19-12-4-2-1-3-10(12)8-17/h1-7,17H,8,15H2,(H2,16,18). The third-order valence-electron chi connectivity index (χ3n) is 2.66. The molecule has 0 aliphatic rings. The number of nitrogen functional groups attached to an aromatic ring is 1. The highest BCUT2D eigenvalue weighted by atomic mass is 16.5. The zero-order valence-corrected chi connectivity index (χ0v) is 10.2. The summed E-state index contributed by atoms with van der Waals surface area (Å²) in [5.41, 5.74) is 12.2. The Labute approximate surface area is 110 Å². The van der Waals surface area contributed by atoms with Gasteiger partial charge < -0.3 is 21.3 Å². The zero-order chi connectivity index (χ0) is 13.8. The first kappa shape index (κ1) is 12.9. The van der Waals surface area contributed by atoms with E-state index in [-0.39, 0.29) is 6.61 Å². The number of para-hydroxylation sites is 1. The molecule has 0 radical (unpaired) electrons. The highest BCUT2D eigenvalue weighted by Crippen LogP contribution is 2.30. The first-order chi connectivity index (χ1) is 9.11. The van der Waals surface area contributed by atoms with E-state index >= 15 is 0 Å². The van der Waals surface area contributed by atoms with Crippen LogP contribution in [-0.2, 0) is 6.61 Å². The Morgan fingerprint density at radius 3 is 2.53 bits per heavy atom. The smallest absolute Gasteiger partial charge is 0.248 e. The molecule has 2 aromatic carbocycles. The van der Waals surface area contributed by atoms with Crippen LogP contribution in [0.15, 0.2) is 42.5 Å². The van der Waals surface area contributed by atoms with Crippen molar-refractivity contribution in [1.82, 2.24) is 0 Å². The van der Waals surface area contributed by atoms with E-state index in [4.69, 9.17) is 16.2 Å². The van der Waals surface area contributed by atoms with E-state index in [1.54, 1.807) is 30.3 Å². The van der Waals surface area contributed by atoms with Gasteiger partial charge in [0.1, 0.15) is 11.5 Å². The highest BCUT2D eigenvalue weighted by Gasteiger charge is 2.08. The van der Waals surface area contributed by atoms with Crippen molar-refractivity contribution in [3.05, 3.63) is 53.6 Å². The molecule has 2 rings (SSSR count). The number of carbonyl (C=O) groups excluding carboxylic acids is 1. The number of anilines is 1. The quantitative estimate of drug-likeness (QED) is 0.726. The molecule has 5 heteroatoms. The molecule has 0 aliphatic carbocycles. The molecule has 98 valence electrons. The van der Waals surface area contributed by atoms with Crippen LogP contribution in [0.2, 0.25) is 0 Å². The number of nitrogens with two attached hydrogens (primary N) is 2. The predicted molar refractivity (Wildman–Crippen MR) is 71.8 cm³/mol. The summed E-state index contributed by atoms with van der Waals surface area (Å²) >= 11 is 0. The number of carbonyl (C=O) groups is 1. The maximum atomic E-state index is 11.0. The minimum absolute atomic E-state index is 0.130. The lowest BCUT2D eigenvalue weighted by molar-refractivity contribution is 0.100. The molecule has 0 bridgehead atoms. The van der Waals surface area contributed by atoms with Crippen molar-refractivity contribution in [2.75, 3.05) is 5.73 Å². The van der Waals surface area contributed by atoms with Gasteiger partial charge in [-0.1, -0.05) is 18.2 Å². The average molecular weight is 258 g/mol. The molecule has 5 nitrogen and oxygen atoms in total. The SMILES string of the molecule is NC(=O)c1ccc(Oc2ccccc2CO)c(N)c1. The first-order valence-electron chi connectivity index (χ1n) is 5.67. The van der Waals surface area contributed by atoms with Crippen molar-refractivity contribution < 1.29 is 14.6 Å². The number of rotatable bonds is 4. The first-order valence-corrected chi connectivity index (χ1v) is 5.67. The summed E-state index contributed by atoms with van der Waals surface area (Å²) in [6.45, 7) is -0.130. The van der Waals surface area contributed by atoms with E-state index in [2.05, 4.69) is 0 Å². The summed E-state index contributed by atoms with van der Waals surface area (Å²) in [6.07, 6.45) is 0. The summed E-state index contributed by atoms with van der Waals surface area (Å²) in [5.74, 6) is 0.378. The predicted octanol–water partition coefficient (Wildman–Crippen LogP) is 1.65. The minimum atomic E-state index is -0.547. The Morgan fingerprint density at radius 2 is 1.89 bits per heavy atom. The molecular formula is C14H14N2O3. The Kier molecular flexibility index (Phi) is 3.68. The second-order valence-electron chi connectivity index (χ2n) is 3.98. The van der Waals surface area contributed by atoms with Crippen molar-refractivity contribution in [2.45, 2.75) is 6.61 Å². The lowest BCUT2D eigenvalue weighted by Crippen LogP contribution is -2.11. The molecule has 0 fully saturated rings. The monoisotopic (exact) mass is 258 g/mol. The van der Waals surface area contributed by atoms with E-state index in [1.165, 1.54) is 12.1 Å². The number of hydrogen-bond acceptors (Lipinski definition) is 4. The van der Waals surface area contributed by atoms with Crippen molar-refractivity contribution in [3.63, 3.8) is 0 Å². The molecule has 0 heterocycles.